The number of amides is 1. The van der Waals surface area contributed by atoms with E-state index in [1.165, 1.54) is 25.7 Å². The molecule has 0 radical (unpaired) electrons. The molecule has 1 heterocycles. The first-order chi connectivity index (χ1) is 10.3. The molecule has 0 saturated heterocycles. The van der Waals surface area contributed by atoms with Gasteiger partial charge in [0.05, 0.1) is 5.71 Å². The van der Waals surface area contributed by atoms with Crippen LogP contribution in [0.5, 0.6) is 0 Å². The van der Waals surface area contributed by atoms with E-state index in [1.54, 1.807) is 0 Å². The van der Waals surface area contributed by atoms with E-state index in [0.717, 1.165) is 30.2 Å². The molecule has 1 aliphatic carbocycles. The van der Waals surface area contributed by atoms with Crippen molar-refractivity contribution in [3.8, 4) is 0 Å². The van der Waals surface area contributed by atoms with Crippen LogP contribution in [-0.4, -0.2) is 24.3 Å². The van der Waals surface area contributed by atoms with Gasteiger partial charge in [0.2, 0.25) is 6.10 Å². The largest absolute Gasteiger partial charge is 0.382 e. The number of hydrogen-bond donors (Lipinski definition) is 1. The van der Waals surface area contributed by atoms with Crippen molar-refractivity contribution in [3.05, 3.63) is 35.9 Å². The number of rotatable bonds is 5. The summed E-state index contributed by atoms with van der Waals surface area (Å²) in [6.45, 7) is 0.754. The first-order valence-corrected chi connectivity index (χ1v) is 7.89. The first-order valence-electron chi connectivity index (χ1n) is 7.89. The molecule has 1 aliphatic heterocycles. The summed E-state index contributed by atoms with van der Waals surface area (Å²) in [5, 5.41) is 7.04. The van der Waals surface area contributed by atoms with Gasteiger partial charge in [-0.15, -0.1) is 0 Å². The minimum Gasteiger partial charge on any atom is -0.382 e. The van der Waals surface area contributed by atoms with Gasteiger partial charge in [-0.1, -0.05) is 61.2 Å². The highest BCUT2D eigenvalue weighted by molar-refractivity contribution is 6.04. The van der Waals surface area contributed by atoms with Crippen LogP contribution in [0.4, 0.5) is 0 Å². The van der Waals surface area contributed by atoms with E-state index < -0.39 is 6.10 Å². The maximum atomic E-state index is 12.1. The fourth-order valence-corrected chi connectivity index (χ4v) is 3.13. The molecule has 1 atom stereocenters. The highest BCUT2D eigenvalue weighted by Gasteiger charge is 2.28. The van der Waals surface area contributed by atoms with Crippen LogP contribution in [0.2, 0.25) is 0 Å². The van der Waals surface area contributed by atoms with Crippen molar-refractivity contribution < 1.29 is 9.63 Å². The summed E-state index contributed by atoms with van der Waals surface area (Å²) in [5.41, 5.74) is 1.88. The number of hydrogen-bond acceptors (Lipinski definition) is 3. The molecule has 4 heteroatoms. The summed E-state index contributed by atoms with van der Waals surface area (Å²) in [5.74, 6) is 0.758. The molecule has 1 N–H and O–H groups in total. The van der Waals surface area contributed by atoms with Crippen LogP contribution in [0.3, 0.4) is 0 Å². The fourth-order valence-electron chi connectivity index (χ4n) is 3.13. The van der Waals surface area contributed by atoms with Crippen LogP contribution < -0.4 is 5.32 Å². The van der Waals surface area contributed by atoms with Gasteiger partial charge < -0.3 is 10.2 Å². The zero-order valence-corrected chi connectivity index (χ0v) is 12.3. The van der Waals surface area contributed by atoms with Gasteiger partial charge >= 0.3 is 0 Å². The third-order valence-electron chi connectivity index (χ3n) is 4.39. The van der Waals surface area contributed by atoms with Crippen molar-refractivity contribution in [2.24, 2.45) is 11.1 Å². The van der Waals surface area contributed by atoms with Crippen LogP contribution in [-0.2, 0) is 9.63 Å². The van der Waals surface area contributed by atoms with Crippen molar-refractivity contribution in [2.75, 3.05) is 6.54 Å². The highest BCUT2D eigenvalue weighted by atomic mass is 16.6. The lowest BCUT2D eigenvalue weighted by Gasteiger charge is -2.12. The Hall–Kier alpha value is -1.84. The van der Waals surface area contributed by atoms with Crippen LogP contribution in [0.1, 0.15) is 44.1 Å². The lowest BCUT2D eigenvalue weighted by molar-refractivity contribution is -0.131. The molecule has 4 nitrogen and oxygen atoms in total. The van der Waals surface area contributed by atoms with E-state index in [2.05, 4.69) is 10.5 Å². The number of nitrogens with one attached hydrogen (secondary N) is 1. The van der Waals surface area contributed by atoms with Gasteiger partial charge in [0.25, 0.3) is 5.91 Å². The van der Waals surface area contributed by atoms with Crippen LogP contribution in [0.15, 0.2) is 35.5 Å². The summed E-state index contributed by atoms with van der Waals surface area (Å²) in [4.78, 5) is 17.4. The maximum absolute atomic E-state index is 12.1. The van der Waals surface area contributed by atoms with Gasteiger partial charge in [-0.3, -0.25) is 4.79 Å². The molecule has 1 unspecified atom stereocenters. The topological polar surface area (TPSA) is 50.7 Å². The highest BCUT2D eigenvalue weighted by Crippen LogP contribution is 2.27. The molecule has 1 fully saturated rings. The quantitative estimate of drug-likeness (QED) is 0.905. The lowest BCUT2D eigenvalue weighted by atomic mass is 10.0. The van der Waals surface area contributed by atoms with Gasteiger partial charge in [-0.25, -0.2) is 0 Å². The molecule has 0 aromatic heterocycles. The molecule has 0 bridgehead atoms. The van der Waals surface area contributed by atoms with Gasteiger partial charge in [-0.2, -0.15) is 0 Å². The van der Waals surface area contributed by atoms with Gasteiger partial charge in [0.15, 0.2) is 0 Å². The van der Waals surface area contributed by atoms with Gasteiger partial charge in [0.1, 0.15) is 0 Å². The van der Waals surface area contributed by atoms with E-state index in [0.29, 0.717) is 6.42 Å². The number of carbonyl (C=O) groups is 1. The molecule has 0 spiro atoms. The molecule has 1 saturated carbocycles. The molecule has 112 valence electrons. The Morgan fingerprint density at radius 3 is 2.76 bits per heavy atom. The Bertz CT molecular complexity index is 507. The van der Waals surface area contributed by atoms with E-state index >= 15 is 0 Å². The van der Waals surface area contributed by atoms with E-state index in [4.69, 9.17) is 4.84 Å². The third kappa shape index (κ3) is 3.63. The van der Waals surface area contributed by atoms with Crippen molar-refractivity contribution in [1.82, 2.24) is 5.32 Å². The molecule has 1 aromatic carbocycles. The minimum atomic E-state index is -0.469. The minimum absolute atomic E-state index is 0.0392. The number of oxime groups is 1. The Labute approximate surface area is 125 Å². The number of benzene rings is 1. The Morgan fingerprint density at radius 2 is 2.00 bits per heavy atom. The Morgan fingerprint density at radius 1 is 1.24 bits per heavy atom. The molecule has 21 heavy (non-hydrogen) atoms. The van der Waals surface area contributed by atoms with Crippen molar-refractivity contribution >= 4 is 11.6 Å². The zero-order chi connectivity index (χ0) is 14.5. The predicted octanol–water partition coefficient (Wildman–Crippen LogP) is 2.88. The van der Waals surface area contributed by atoms with Crippen LogP contribution >= 0.6 is 0 Å². The van der Waals surface area contributed by atoms with Gasteiger partial charge in [0, 0.05) is 13.0 Å². The molecule has 2 aliphatic rings. The summed E-state index contributed by atoms with van der Waals surface area (Å²) in [7, 11) is 0. The summed E-state index contributed by atoms with van der Waals surface area (Å²) in [6, 6.07) is 9.87. The second-order valence-electron chi connectivity index (χ2n) is 5.93. The van der Waals surface area contributed by atoms with E-state index in [1.807, 2.05) is 30.3 Å². The Balaban J connectivity index is 1.43. The number of nitrogens with zero attached hydrogens (tertiary/aromatic N) is 1. The predicted molar refractivity (Wildman–Crippen MR) is 82.1 cm³/mol. The average molecular weight is 286 g/mol. The second kappa shape index (κ2) is 6.74. The Kier molecular flexibility index (Phi) is 4.53. The normalized spacial score (nSPS) is 21.9. The molecule has 1 amide bonds. The summed E-state index contributed by atoms with van der Waals surface area (Å²) < 4.78 is 0. The summed E-state index contributed by atoms with van der Waals surface area (Å²) in [6.07, 6.45) is 6.50. The molecule has 1 aromatic rings. The smallest absolute Gasteiger partial charge is 0.264 e. The molecular formula is C17H22N2O2. The number of carbonyl (C=O) groups excluding carboxylic acids is 1. The second-order valence-corrected chi connectivity index (χ2v) is 5.93. The summed E-state index contributed by atoms with van der Waals surface area (Å²) >= 11 is 0. The average Bonchev–Trinajstić information content (AvgIpc) is 3.20. The van der Waals surface area contributed by atoms with Crippen LogP contribution in [0, 0.1) is 5.92 Å². The van der Waals surface area contributed by atoms with Crippen molar-refractivity contribution in [3.63, 3.8) is 0 Å². The maximum Gasteiger partial charge on any atom is 0.264 e. The standard InChI is InChI=1S/C17H22N2O2/c20-17(18-11-10-13-6-4-5-7-13)16-12-15(19-21-16)14-8-2-1-3-9-14/h1-3,8-9,13,16H,4-7,10-12H2,(H,18,20). The van der Waals surface area contributed by atoms with Gasteiger partial charge in [-0.05, 0) is 17.9 Å². The zero-order valence-electron chi connectivity index (χ0n) is 12.3. The third-order valence-corrected chi connectivity index (χ3v) is 4.39. The monoisotopic (exact) mass is 286 g/mol. The van der Waals surface area contributed by atoms with E-state index in [9.17, 15) is 4.79 Å². The van der Waals surface area contributed by atoms with Crippen LogP contribution in [0.25, 0.3) is 0 Å². The van der Waals surface area contributed by atoms with Crippen molar-refractivity contribution in [1.29, 1.82) is 0 Å². The SMILES string of the molecule is O=C(NCCC1CCCC1)C1CC(c2ccccc2)=NO1. The lowest BCUT2D eigenvalue weighted by Crippen LogP contribution is -2.35. The van der Waals surface area contributed by atoms with E-state index in [-0.39, 0.29) is 5.91 Å². The first kappa shape index (κ1) is 14.1. The van der Waals surface area contributed by atoms with Crippen molar-refractivity contribution in [2.45, 2.75) is 44.6 Å². The fraction of sp³-hybridized carbons (Fsp3) is 0.529. The molecular weight excluding hydrogens is 264 g/mol. The molecule has 3 rings (SSSR count).